The molecule has 0 radical (unpaired) electrons. The van der Waals surface area contributed by atoms with E-state index in [1.807, 2.05) is 29.0 Å². The summed E-state index contributed by atoms with van der Waals surface area (Å²) in [4.78, 5) is 21.9. The molecule has 0 bridgehead atoms. The van der Waals surface area contributed by atoms with E-state index < -0.39 is 6.09 Å². The van der Waals surface area contributed by atoms with Crippen LogP contribution in [0.4, 0.5) is 22.1 Å². The van der Waals surface area contributed by atoms with E-state index in [1.165, 1.54) is 25.7 Å². The Kier molecular flexibility index (Phi) is 7.97. The number of hydrogen-bond acceptors (Lipinski definition) is 6. The van der Waals surface area contributed by atoms with Gasteiger partial charge >= 0.3 is 6.09 Å². The van der Waals surface area contributed by atoms with Gasteiger partial charge in [0.25, 0.3) is 0 Å². The minimum absolute atomic E-state index is 0.402. The summed E-state index contributed by atoms with van der Waals surface area (Å²) < 4.78 is 7.44. The third-order valence-electron chi connectivity index (χ3n) is 5.83. The maximum absolute atomic E-state index is 10.6. The third-order valence-corrected chi connectivity index (χ3v) is 5.83. The number of amides is 1. The second-order valence-corrected chi connectivity index (χ2v) is 8.26. The van der Waals surface area contributed by atoms with Gasteiger partial charge in [-0.15, -0.1) is 0 Å². The maximum atomic E-state index is 10.6. The lowest BCUT2D eigenvalue weighted by atomic mass is 10.0. The van der Waals surface area contributed by atoms with Crippen LogP contribution >= 0.6 is 0 Å². The van der Waals surface area contributed by atoms with E-state index in [2.05, 4.69) is 37.6 Å². The predicted molar refractivity (Wildman–Crippen MR) is 129 cm³/mol. The summed E-state index contributed by atoms with van der Waals surface area (Å²) in [6.07, 6.45) is 9.42. The molecule has 0 unspecified atom stereocenters. The first-order chi connectivity index (χ1) is 16.2. The number of carboxylic acid groups (broad SMARTS) is 1. The van der Waals surface area contributed by atoms with Crippen LogP contribution in [0.25, 0.3) is 11.0 Å². The van der Waals surface area contributed by atoms with Crippen LogP contribution in [0.2, 0.25) is 0 Å². The summed E-state index contributed by atoms with van der Waals surface area (Å²) in [5, 5.41) is 15.3. The van der Waals surface area contributed by atoms with E-state index >= 15 is 0 Å². The molecule has 1 saturated heterocycles. The van der Waals surface area contributed by atoms with Gasteiger partial charge in [0.2, 0.25) is 5.95 Å². The lowest BCUT2D eigenvalue weighted by Gasteiger charge is -2.29. The molecule has 176 valence electrons. The van der Waals surface area contributed by atoms with Crippen LogP contribution in [-0.2, 0) is 11.3 Å². The maximum Gasteiger partial charge on any atom is 0.404 e. The Labute approximate surface area is 193 Å². The van der Waals surface area contributed by atoms with E-state index in [1.54, 1.807) is 6.20 Å². The molecule has 2 aliphatic rings. The molecule has 2 fully saturated rings. The number of nitrogens with one attached hydrogen (secondary N) is 2. The van der Waals surface area contributed by atoms with Crippen molar-refractivity contribution in [2.45, 2.75) is 38.6 Å². The third kappa shape index (κ3) is 6.58. The molecule has 1 aliphatic heterocycles. The number of anilines is 3. The van der Waals surface area contributed by atoms with Gasteiger partial charge < -0.3 is 29.9 Å². The lowest BCUT2D eigenvalue weighted by Crippen LogP contribution is -2.36. The number of benzene rings is 1. The Hall–Kier alpha value is -3.33. The average molecular weight is 453 g/mol. The molecule has 0 atom stereocenters. The monoisotopic (exact) mass is 452 g/mol. The molecule has 0 spiro atoms. The summed E-state index contributed by atoms with van der Waals surface area (Å²) in [6.45, 7) is 4.34. The van der Waals surface area contributed by atoms with Crippen molar-refractivity contribution in [3.8, 4) is 0 Å². The van der Waals surface area contributed by atoms with E-state index in [0.717, 1.165) is 48.7 Å². The normalized spacial score (nSPS) is 15.3. The molecule has 3 N–H and O–H groups in total. The topological polar surface area (TPSA) is 105 Å². The highest BCUT2D eigenvalue weighted by atomic mass is 16.5. The van der Waals surface area contributed by atoms with Crippen LogP contribution in [0.5, 0.6) is 0 Å². The summed E-state index contributed by atoms with van der Waals surface area (Å²) in [5.41, 5.74) is 2.90. The number of aryl methyl sites for hydroxylation is 1. The van der Waals surface area contributed by atoms with Crippen molar-refractivity contribution in [3.63, 3.8) is 0 Å². The van der Waals surface area contributed by atoms with Crippen LogP contribution < -0.4 is 15.5 Å². The number of ether oxygens (including phenoxy) is 1. The molecular formula is C24H32N6O3. The standard InChI is InChI=1S/C20H24N6O3.C4H8/c27-20(28)21-6-2-7-26-8-5-15-14-22-19(24-18(15)26)23-16-3-1-4-17(13-16)25-9-11-29-12-10-25;1-2-4-3-1/h1,3-5,8,13-14,21H,2,6-7,9-12H2,(H,27,28)(H,22,23,24);1-4H2. The van der Waals surface area contributed by atoms with Gasteiger partial charge in [0.15, 0.2) is 0 Å². The molecule has 1 aromatic carbocycles. The van der Waals surface area contributed by atoms with E-state index in [0.29, 0.717) is 25.5 Å². The van der Waals surface area contributed by atoms with Gasteiger partial charge in [0, 0.05) is 55.3 Å². The molecular weight excluding hydrogens is 420 g/mol. The Bertz CT molecular complexity index is 1040. The Balaban J connectivity index is 0.000000586. The first kappa shape index (κ1) is 22.8. The molecule has 5 rings (SSSR count). The quantitative estimate of drug-likeness (QED) is 0.461. The van der Waals surface area contributed by atoms with Gasteiger partial charge in [-0.3, -0.25) is 0 Å². The molecule has 9 heteroatoms. The first-order valence-corrected chi connectivity index (χ1v) is 11.7. The predicted octanol–water partition coefficient (Wildman–Crippen LogP) is 4.23. The highest BCUT2D eigenvalue weighted by Gasteiger charge is 2.12. The smallest absolute Gasteiger partial charge is 0.404 e. The Morgan fingerprint density at radius 2 is 1.91 bits per heavy atom. The van der Waals surface area contributed by atoms with Crippen molar-refractivity contribution < 1.29 is 14.6 Å². The minimum Gasteiger partial charge on any atom is -0.465 e. The van der Waals surface area contributed by atoms with Crippen molar-refractivity contribution >= 4 is 34.4 Å². The van der Waals surface area contributed by atoms with Gasteiger partial charge in [0.1, 0.15) is 5.65 Å². The lowest BCUT2D eigenvalue weighted by molar-refractivity contribution is 0.122. The summed E-state index contributed by atoms with van der Waals surface area (Å²) in [6, 6.07) is 10.2. The van der Waals surface area contributed by atoms with Gasteiger partial charge in [-0.05, 0) is 30.7 Å². The highest BCUT2D eigenvalue weighted by Crippen LogP contribution is 2.23. The average Bonchev–Trinajstić information content (AvgIpc) is 3.18. The Morgan fingerprint density at radius 1 is 1.12 bits per heavy atom. The molecule has 3 heterocycles. The number of fused-ring (bicyclic) bond motifs is 1. The summed E-state index contributed by atoms with van der Waals surface area (Å²) >= 11 is 0. The van der Waals surface area contributed by atoms with Crippen LogP contribution in [-0.4, -0.2) is 58.6 Å². The van der Waals surface area contributed by atoms with Crippen LogP contribution in [0.15, 0.2) is 42.7 Å². The fourth-order valence-corrected chi connectivity index (χ4v) is 3.64. The summed E-state index contributed by atoms with van der Waals surface area (Å²) in [5.74, 6) is 0.528. The Morgan fingerprint density at radius 3 is 2.64 bits per heavy atom. The zero-order valence-corrected chi connectivity index (χ0v) is 18.9. The van der Waals surface area contributed by atoms with Gasteiger partial charge in [-0.2, -0.15) is 4.98 Å². The van der Waals surface area contributed by atoms with Crippen LogP contribution in [0.1, 0.15) is 32.1 Å². The van der Waals surface area contributed by atoms with Crippen molar-refractivity contribution in [2.24, 2.45) is 0 Å². The molecule has 33 heavy (non-hydrogen) atoms. The number of rotatable bonds is 7. The minimum atomic E-state index is -1.00. The second-order valence-electron chi connectivity index (χ2n) is 8.26. The molecule has 1 amide bonds. The van der Waals surface area contributed by atoms with Crippen molar-refractivity contribution in [1.82, 2.24) is 19.9 Å². The first-order valence-electron chi connectivity index (χ1n) is 11.7. The van der Waals surface area contributed by atoms with E-state index in [4.69, 9.17) is 9.84 Å². The molecule has 2 aromatic heterocycles. The highest BCUT2D eigenvalue weighted by molar-refractivity contribution is 5.77. The van der Waals surface area contributed by atoms with E-state index in [-0.39, 0.29) is 0 Å². The number of carbonyl (C=O) groups is 1. The number of aromatic nitrogens is 3. The van der Waals surface area contributed by atoms with Crippen molar-refractivity contribution in [2.75, 3.05) is 43.1 Å². The molecule has 9 nitrogen and oxygen atoms in total. The molecule has 1 aliphatic carbocycles. The fraction of sp³-hybridized carbons (Fsp3) is 0.458. The number of hydrogen-bond donors (Lipinski definition) is 3. The largest absolute Gasteiger partial charge is 0.465 e. The molecule has 3 aromatic rings. The van der Waals surface area contributed by atoms with Crippen LogP contribution in [0, 0.1) is 0 Å². The van der Waals surface area contributed by atoms with Crippen molar-refractivity contribution in [1.29, 1.82) is 0 Å². The van der Waals surface area contributed by atoms with Crippen LogP contribution in [0.3, 0.4) is 0 Å². The zero-order valence-electron chi connectivity index (χ0n) is 18.9. The van der Waals surface area contributed by atoms with Crippen molar-refractivity contribution in [3.05, 3.63) is 42.7 Å². The van der Waals surface area contributed by atoms with E-state index in [9.17, 15) is 4.79 Å². The number of morpholine rings is 1. The molecule has 1 saturated carbocycles. The van der Waals surface area contributed by atoms with Gasteiger partial charge in [-0.25, -0.2) is 9.78 Å². The fourth-order valence-electron chi connectivity index (χ4n) is 3.64. The second kappa shape index (κ2) is 11.5. The zero-order chi connectivity index (χ0) is 22.9. The summed E-state index contributed by atoms with van der Waals surface area (Å²) in [7, 11) is 0. The van der Waals surface area contributed by atoms with Gasteiger partial charge in [0.05, 0.1) is 13.2 Å². The SMILES string of the molecule is C1CCC1.O=C(O)NCCCn1ccc2cnc(Nc3cccc(N4CCOCC4)c3)nc21. The number of nitrogens with zero attached hydrogens (tertiary/aromatic N) is 4. The van der Waals surface area contributed by atoms with Gasteiger partial charge in [-0.1, -0.05) is 31.7 Å².